The summed E-state index contributed by atoms with van der Waals surface area (Å²) in [6, 6.07) is 17.3. The minimum absolute atomic E-state index is 0.0368. The van der Waals surface area contributed by atoms with E-state index in [9.17, 15) is 18.0 Å². The quantitative estimate of drug-likeness (QED) is 0.341. The van der Waals surface area contributed by atoms with Gasteiger partial charge in [-0.3, -0.25) is 9.48 Å². The van der Waals surface area contributed by atoms with E-state index in [1.165, 1.54) is 11.9 Å². The molecular weight excluding hydrogens is 609 g/mol. The average Bonchev–Trinajstić information content (AvgIpc) is 3.67. The number of carbonyl (C=O) groups excluding carboxylic acids is 1. The second-order valence-corrected chi connectivity index (χ2v) is 12.5. The van der Waals surface area contributed by atoms with E-state index in [1.807, 2.05) is 0 Å². The van der Waals surface area contributed by atoms with Crippen molar-refractivity contribution >= 4 is 29.1 Å². The zero-order valence-electron chi connectivity index (χ0n) is 26.5. The van der Waals surface area contributed by atoms with Crippen molar-refractivity contribution < 1.29 is 27.4 Å². The predicted molar refractivity (Wildman–Crippen MR) is 173 cm³/mol. The lowest BCUT2D eigenvalue weighted by Crippen LogP contribution is -2.36. The van der Waals surface area contributed by atoms with Gasteiger partial charge in [0.15, 0.2) is 5.69 Å². The Kier molecular flexibility index (Phi) is 8.80. The van der Waals surface area contributed by atoms with E-state index in [1.54, 1.807) is 0 Å². The van der Waals surface area contributed by atoms with Gasteiger partial charge >= 0.3 is 6.18 Å². The van der Waals surface area contributed by atoms with Crippen LogP contribution in [0.1, 0.15) is 47.8 Å². The SMILES string of the molecule is Cc1cc(C(F)(F)F)nn1CC(=O)N1N=C2/C(=C/c3ccc(N4CCOCC4)cc3)CCC[C@@H]2[C@H]1c1ccc(N2CCOCC2)cc1. The van der Waals surface area contributed by atoms with Crippen molar-refractivity contribution in [3.8, 4) is 0 Å². The number of nitrogens with zero attached hydrogens (tertiary/aromatic N) is 6. The van der Waals surface area contributed by atoms with Crippen LogP contribution in [0.3, 0.4) is 0 Å². The van der Waals surface area contributed by atoms with Crippen LogP contribution in [0.5, 0.6) is 0 Å². The summed E-state index contributed by atoms with van der Waals surface area (Å²) in [5.41, 5.74) is 5.47. The summed E-state index contributed by atoms with van der Waals surface area (Å²) in [6.07, 6.45) is 0.197. The molecule has 0 N–H and O–H groups in total. The van der Waals surface area contributed by atoms with Crippen molar-refractivity contribution in [3.05, 3.63) is 82.7 Å². The molecule has 1 amide bonds. The van der Waals surface area contributed by atoms with Crippen LogP contribution in [0, 0.1) is 12.8 Å². The number of alkyl halides is 3. The first-order valence-electron chi connectivity index (χ1n) is 16.3. The summed E-state index contributed by atoms with van der Waals surface area (Å²) >= 11 is 0. The van der Waals surface area contributed by atoms with E-state index < -0.39 is 17.8 Å². The Labute approximate surface area is 272 Å². The van der Waals surface area contributed by atoms with Crippen LogP contribution >= 0.6 is 0 Å². The number of aromatic nitrogens is 2. The maximum atomic E-state index is 13.9. The van der Waals surface area contributed by atoms with E-state index in [0.717, 1.165) is 103 Å². The summed E-state index contributed by atoms with van der Waals surface area (Å²) in [5.74, 6) is -0.437. The van der Waals surface area contributed by atoms with Crippen LogP contribution < -0.4 is 9.80 Å². The third kappa shape index (κ3) is 6.66. The molecule has 0 spiro atoms. The molecule has 3 fully saturated rings. The lowest BCUT2D eigenvalue weighted by Gasteiger charge is -2.31. The van der Waals surface area contributed by atoms with Gasteiger partial charge in [0.1, 0.15) is 6.54 Å². The summed E-state index contributed by atoms with van der Waals surface area (Å²) in [6.45, 7) is 7.36. The number of hydrogen-bond acceptors (Lipinski definition) is 7. The average molecular weight is 649 g/mol. The van der Waals surface area contributed by atoms with Crippen molar-refractivity contribution in [3.63, 3.8) is 0 Å². The normalized spacial score (nSPS) is 22.9. The molecule has 7 rings (SSSR count). The van der Waals surface area contributed by atoms with Gasteiger partial charge < -0.3 is 19.3 Å². The molecule has 1 saturated carbocycles. The maximum Gasteiger partial charge on any atom is 0.435 e. The standard InChI is InChI=1S/C35H39F3N6O3/c1-24-21-31(35(36,37)38)39-43(24)23-32(45)44-34(26-7-11-29(12-8-26)42-15-19-47-20-16-42)30-4-2-3-27(33(30)40-44)22-25-5-9-28(10-6-25)41-13-17-46-18-14-41/h5-12,21-22,30,34H,2-4,13-20,23H2,1H3/b27-22+/t30-,34+/m0/s1. The van der Waals surface area contributed by atoms with E-state index in [-0.39, 0.29) is 24.2 Å². The smallest absolute Gasteiger partial charge is 0.378 e. The number of aryl methyl sites for hydroxylation is 1. The first kappa shape index (κ1) is 31.4. The van der Waals surface area contributed by atoms with Gasteiger partial charge in [-0.05, 0) is 79.3 Å². The number of morpholine rings is 2. The van der Waals surface area contributed by atoms with Gasteiger partial charge in [0, 0.05) is 49.2 Å². The van der Waals surface area contributed by atoms with Crippen LogP contribution in [-0.4, -0.2) is 79.0 Å². The molecule has 1 aromatic heterocycles. The Hall–Kier alpha value is -4.16. The molecule has 3 aromatic rings. The van der Waals surface area contributed by atoms with Gasteiger partial charge in [-0.25, -0.2) is 5.01 Å². The number of carbonyl (C=O) groups is 1. The number of hydrazone groups is 1. The van der Waals surface area contributed by atoms with E-state index >= 15 is 0 Å². The third-order valence-corrected chi connectivity index (χ3v) is 9.53. The summed E-state index contributed by atoms with van der Waals surface area (Å²) in [7, 11) is 0. The highest BCUT2D eigenvalue weighted by Gasteiger charge is 2.44. The highest BCUT2D eigenvalue weighted by Crippen LogP contribution is 2.45. The molecule has 2 atom stereocenters. The lowest BCUT2D eigenvalue weighted by atomic mass is 9.77. The number of anilines is 2. The van der Waals surface area contributed by atoms with Gasteiger partial charge in [-0.15, -0.1) is 0 Å². The van der Waals surface area contributed by atoms with Gasteiger partial charge in [-0.2, -0.15) is 23.4 Å². The van der Waals surface area contributed by atoms with E-state index in [0.29, 0.717) is 13.2 Å². The number of allylic oxidation sites excluding steroid dienone is 1. The van der Waals surface area contributed by atoms with Gasteiger partial charge in [-0.1, -0.05) is 24.3 Å². The molecule has 4 aliphatic rings. The van der Waals surface area contributed by atoms with Crippen molar-refractivity contribution in [2.75, 3.05) is 62.4 Å². The maximum absolute atomic E-state index is 13.9. The Morgan fingerprint density at radius 2 is 1.51 bits per heavy atom. The fourth-order valence-electron chi connectivity index (χ4n) is 7.06. The van der Waals surface area contributed by atoms with Crippen molar-refractivity contribution in [1.82, 2.24) is 14.8 Å². The number of halogens is 3. The minimum Gasteiger partial charge on any atom is -0.378 e. The molecule has 4 heterocycles. The van der Waals surface area contributed by atoms with Gasteiger partial charge in [0.2, 0.25) is 0 Å². The number of rotatable bonds is 6. The lowest BCUT2D eigenvalue weighted by molar-refractivity contribution is -0.142. The molecular formula is C35H39F3N6O3. The molecule has 0 radical (unpaired) electrons. The number of ether oxygens (including phenoxy) is 2. The predicted octanol–water partition coefficient (Wildman–Crippen LogP) is 5.71. The summed E-state index contributed by atoms with van der Waals surface area (Å²) < 4.78 is 52.3. The number of amides is 1. The largest absolute Gasteiger partial charge is 0.435 e. The Morgan fingerprint density at radius 3 is 2.09 bits per heavy atom. The molecule has 0 bridgehead atoms. The molecule has 0 unspecified atom stereocenters. The molecule has 2 aromatic carbocycles. The van der Waals surface area contributed by atoms with Crippen LogP contribution in [0.4, 0.5) is 24.5 Å². The molecule has 47 heavy (non-hydrogen) atoms. The Bertz CT molecular complexity index is 1640. The topological polar surface area (TPSA) is 75.4 Å². The summed E-state index contributed by atoms with van der Waals surface area (Å²) in [4.78, 5) is 18.5. The monoisotopic (exact) mass is 648 g/mol. The van der Waals surface area contributed by atoms with Crippen molar-refractivity contribution in [2.24, 2.45) is 11.0 Å². The highest BCUT2D eigenvalue weighted by atomic mass is 19.4. The molecule has 2 saturated heterocycles. The number of benzene rings is 2. The van der Waals surface area contributed by atoms with Gasteiger partial charge in [0.25, 0.3) is 5.91 Å². The van der Waals surface area contributed by atoms with Crippen LogP contribution in [0.2, 0.25) is 0 Å². The molecule has 9 nitrogen and oxygen atoms in total. The van der Waals surface area contributed by atoms with Crippen LogP contribution in [-0.2, 0) is 27.0 Å². The van der Waals surface area contributed by atoms with E-state index in [4.69, 9.17) is 14.6 Å². The van der Waals surface area contributed by atoms with Crippen molar-refractivity contribution in [1.29, 1.82) is 0 Å². The van der Waals surface area contributed by atoms with Crippen LogP contribution in [0.15, 0.2) is 65.3 Å². The second-order valence-electron chi connectivity index (χ2n) is 12.5. The minimum atomic E-state index is -4.59. The molecule has 248 valence electrons. The first-order valence-corrected chi connectivity index (χ1v) is 16.3. The van der Waals surface area contributed by atoms with Crippen LogP contribution in [0.25, 0.3) is 6.08 Å². The fourth-order valence-corrected chi connectivity index (χ4v) is 7.06. The fraction of sp³-hybridized carbons (Fsp3) is 0.457. The zero-order valence-corrected chi connectivity index (χ0v) is 26.5. The highest BCUT2D eigenvalue weighted by molar-refractivity contribution is 6.08. The Balaban J connectivity index is 1.19. The van der Waals surface area contributed by atoms with Crippen molar-refractivity contribution in [2.45, 2.75) is 44.9 Å². The third-order valence-electron chi connectivity index (χ3n) is 9.53. The second kappa shape index (κ2) is 13.2. The molecule has 12 heteroatoms. The van der Waals surface area contributed by atoms with Gasteiger partial charge in [0.05, 0.1) is 38.2 Å². The Morgan fingerprint density at radius 1 is 0.915 bits per heavy atom. The van der Waals surface area contributed by atoms with E-state index in [2.05, 4.69) is 69.5 Å². The summed E-state index contributed by atoms with van der Waals surface area (Å²) in [5, 5.41) is 10.2. The first-order chi connectivity index (χ1) is 22.7. The number of fused-ring (bicyclic) bond motifs is 1. The molecule has 1 aliphatic carbocycles. The number of hydrogen-bond donors (Lipinski definition) is 0. The zero-order chi connectivity index (χ0) is 32.5. The molecule has 3 aliphatic heterocycles.